The fourth-order valence-corrected chi connectivity index (χ4v) is 1.62. The van der Waals surface area contributed by atoms with Crippen LogP contribution in [0.2, 0.25) is 0 Å². The Bertz CT molecular complexity index is 370. The van der Waals surface area contributed by atoms with Crippen LogP contribution in [0.15, 0.2) is 33.7 Å². The van der Waals surface area contributed by atoms with Gasteiger partial charge in [-0.2, -0.15) is 0 Å². The van der Waals surface area contributed by atoms with E-state index < -0.39 is 0 Å². The predicted molar refractivity (Wildman–Crippen MR) is 73.9 cm³/mol. The minimum absolute atomic E-state index is 0.541. The van der Waals surface area contributed by atoms with E-state index >= 15 is 0 Å². The number of nitrogens with two attached hydrogens (primary N) is 1. The Morgan fingerprint density at radius 1 is 1.53 bits per heavy atom. The highest BCUT2D eigenvalue weighted by molar-refractivity contribution is 9.10. The lowest BCUT2D eigenvalue weighted by atomic mass is 10.3. The molecule has 5 nitrogen and oxygen atoms in total. The Balaban J connectivity index is 2.51. The van der Waals surface area contributed by atoms with Crippen LogP contribution in [-0.2, 0) is 4.74 Å². The SMILES string of the molecule is COCCCN=C(NN)Nc1cccc(Br)c1. The smallest absolute Gasteiger partial charge is 0.210 e. The van der Waals surface area contributed by atoms with Crippen molar-refractivity contribution in [2.45, 2.75) is 6.42 Å². The molecule has 0 heterocycles. The molecule has 0 aromatic heterocycles. The Kier molecular flexibility index (Phi) is 6.61. The van der Waals surface area contributed by atoms with Crippen molar-refractivity contribution in [3.8, 4) is 0 Å². The van der Waals surface area contributed by atoms with Crippen LogP contribution in [0.5, 0.6) is 0 Å². The van der Waals surface area contributed by atoms with E-state index in [4.69, 9.17) is 10.6 Å². The van der Waals surface area contributed by atoms with Gasteiger partial charge in [0, 0.05) is 30.4 Å². The molecule has 0 fully saturated rings. The molecule has 4 N–H and O–H groups in total. The number of methoxy groups -OCH3 is 1. The van der Waals surface area contributed by atoms with E-state index in [1.54, 1.807) is 7.11 Å². The van der Waals surface area contributed by atoms with Crippen molar-refractivity contribution >= 4 is 27.6 Å². The van der Waals surface area contributed by atoms with E-state index in [9.17, 15) is 0 Å². The van der Waals surface area contributed by atoms with Crippen molar-refractivity contribution in [2.24, 2.45) is 10.8 Å². The summed E-state index contributed by atoms with van der Waals surface area (Å²) in [5.74, 6) is 5.93. The number of anilines is 1. The zero-order chi connectivity index (χ0) is 12.5. The number of halogens is 1. The summed E-state index contributed by atoms with van der Waals surface area (Å²) in [4.78, 5) is 4.28. The third-order valence-electron chi connectivity index (χ3n) is 2.00. The van der Waals surface area contributed by atoms with Crippen LogP contribution in [0.3, 0.4) is 0 Å². The van der Waals surface area contributed by atoms with Crippen molar-refractivity contribution in [3.63, 3.8) is 0 Å². The molecular weight excluding hydrogens is 284 g/mol. The Hall–Kier alpha value is -1.11. The number of hydrogen-bond donors (Lipinski definition) is 3. The number of guanidine groups is 1. The van der Waals surface area contributed by atoms with Gasteiger partial charge in [0.05, 0.1) is 0 Å². The summed E-state index contributed by atoms with van der Waals surface area (Å²) in [5, 5.41) is 3.09. The molecule has 0 aliphatic carbocycles. The summed E-state index contributed by atoms with van der Waals surface area (Å²) in [5.41, 5.74) is 3.45. The number of nitrogens with zero attached hydrogens (tertiary/aromatic N) is 1. The maximum Gasteiger partial charge on any atom is 0.210 e. The highest BCUT2D eigenvalue weighted by Gasteiger charge is 1.98. The third kappa shape index (κ3) is 5.67. The molecule has 0 saturated carbocycles. The molecule has 0 atom stereocenters. The second-order valence-corrected chi connectivity index (χ2v) is 4.27. The van der Waals surface area contributed by atoms with Crippen LogP contribution in [0.25, 0.3) is 0 Å². The lowest BCUT2D eigenvalue weighted by Gasteiger charge is -2.09. The second kappa shape index (κ2) is 8.05. The molecule has 0 aliphatic heterocycles. The molecule has 94 valence electrons. The van der Waals surface area contributed by atoms with Gasteiger partial charge in [-0.1, -0.05) is 22.0 Å². The molecule has 0 bridgehead atoms. The van der Waals surface area contributed by atoms with Gasteiger partial charge in [0.25, 0.3) is 0 Å². The zero-order valence-electron chi connectivity index (χ0n) is 9.74. The van der Waals surface area contributed by atoms with Crippen molar-refractivity contribution in [1.82, 2.24) is 5.43 Å². The van der Waals surface area contributed by atoms with Gasteiger partial charge < -0.3 is 10.1 Å². The summed E-state index contributed by atoms with van der Waals surface area (Å²) < 4.78 is 5.94. The number of ether oxygens (including phenoxy) is 1. The molecule has 6 heteroatoms. The number of nitrogens with one attached hydrogen (secondary N) is 2. The van der Waals surface area contributed by atoms with Crippen molar-refractivity contribution in [1.29, 1.82) is 0 Å². The van der Waals surface area contributed by atoms with E-state index in [1.165, 1.54) is 0 Å². The lowest BCUT2D eigenvalue weighted by molar-refractivity contribution is 0.197. The normalized spacial score (nSPS) is 11.4. The average molecular weight is 301 g/mol. The van der Waals surface area contributed by atoms with E-state index in [0.717, 1.165) is 16.6 Å². The van der Waals surface area contributed by atoms with Gasteiger partial charge in [0.1, 0.15) is 0 Å². The van der Waals surface area contributed by atoms with E-state index in [0.29, 0.717) is 19.1 Å². The summed E-state index contributed by atoms with van der Waals surface area (Å²) in [6.45, 7) is 1.35. The molecule has 0 unspecified atom stereocenters. The minimum Gasteiger partial charge on any atom is -0.385 e. The third-order valence-corrected chi connectivity index (χ3v) is 2.49. The van der Waals surface area contributed by atoms with Gasteiger partial charge in [-0.25, -0.2) is 5.84 Å². The zero-order valence-corrected chi connectivity index (χ0v) is 11.3. The van der Waals surface area contributed by atoms with E-state index in [1.807, 2.05) is 24.3 Å². The molecule has 1 rings (SSSR count). The van der Waals surface area contributed by atoms with Crippen LogP contribution in [-0.4, -0.2) is 26.2 Å². The van der Waals surface area contributed by atoms with Crippen LogP contribution in [0.1, 0.15) is 6.42 Å². The van der Waals surface area contributed by atoms with Gasteiger partial charge in [-0.15, -0.1) is 0 Å². The van der Waals surface area contributed by atoms with Crippen LogP contribution >= 0.6 is 15.9 Å². The predicted octanol–water partition coefficient (Wildman–Crippen LogP) is 1.72. The van der Waals surface area contributed by atoms with E-state index in [2.05, 4.69) is 31.7 Å². The van der Waals surface area contributed by atoms with Gasteiger partial charge in [-0.05, 0) is 24.6 Å². The van der Waals surface area contributed by atoms with Gasteiger partial charge in [0.15, 0.2) is 0 Å². The first-order chi connectivity index (χ1) is 8.26. The van der Waals surface area contributed by atoms with E-state index in [-0.39, 0.29) is 0 Å². The molecule has 0 amide bonds. The first-order valence-electron chi connectivity index (χ1n) is 5.29. The molecule has 0 saturated heterocycles. The highest BCUT2D eigenvalue weighted by atomic mass is 79.9. The largest absolute Gasteiger partial charge is 0.385 e. The molecule has 0 spiro atoms. The molecular formula is C11H17BrN4O. The first-order valence-corrected chi connectivity index (χ1v) is 6.08. The molecule has 17 heavy (non-hydrogen) atoms. The molecule has 1 aromatic rings. The quantitative estimate of drug-likeness (QED) is 0.255. The van der Waals surface area contributed by atoms with Crippen molar-refractivity contribution in [3.05, 3.63) is 28.7 Å². The fraction of sp³-hybridized carbons (Fsp3) is 0.364. The Morgan fingerprint density at radius 2 is 2.35 bits per heavy atom. The standard InChI is InChI=1S/C11H17BrN4O/c1-17-7-3-6-14-11(16-13)15-10-5-2-4-9(12)8-10/h2,4-5,8H,3,6-7,13H2,1H3,(H2,14,15,16). The number of rotatable bonds is 5. The van der Waals surface area contributed by atoms with Gasteiger partial charge >= 0.3 is 0 Å². The van der Waals surface area contributed by atoms with Crippen LogP contribution < -0.4 is 16.6 Å². The van der Waals surface area contributed by atoms with Crippen LogP contribution in [0, 0.1) is 0 Å². The average Bonchev–Trinajstić information content (AvgIpc) is 2.33. The van der Waals surface area contributed by atoms with Crippen molar-refractivity contribution < 1.29 is 4.74 Å². The first kappa shape index (κ1) is 14.0. The summed E-state index contributed by atoms with van der Waals surface area (Å²) >= 11 is 3.40. The van der Waals surface area contributed by atoms with Gasteiger partial charge in [0.2, 0.25) is 5.96 Å². The summed E-state index contributed by atoms with van der Waals surface area (Å²) in [7, 11) is 1.67. The number of benzene rings is 1. The maximum absolute atomic E-state index is 5.39. The number of hydrazine groups is 1. The van der Waals surface area contributed by atoms with Crippen LogP contribution in [0.4, 0.5) is 5.69 Å². The molecule has 1 aromatic carbocycles. The lowest BCUT2D eigenvalue weighted by Crippen LogP contribution is -2.36. The molecule has 0 aliphatic rings. The number of aliphatic imine (C=N–C) groups is 1. The topological polar surface area (TPSA) is 71.7 Å². The summed E-state index contributed by atoms with van der Waals surface area (Å²) in [6.07, 6.45) is 0.863. The van der Waals surface area contributed by atoms with Crippen molar-refractivity contribution in [2.75, 3.05) is 25.6 Å². The second-order valence-electron chi connectivity index (χ2n) is 3.36. The summed E-state index contributed by atoms with van der Waals surface area (Å²) in [6, 6.07) is 7.77. The monoisotopic (exact) mass is 300 g/mol. The highest BCUT2D eigenvalue weighted by Crippen LogP contribution is 2.15. The maximum atomic E-state index is 5.39. The Morgan fingerprint density at radius 3 is 3.00 bits per heavy atom. The Labute approximate surface area is 110 Å². The fourth-order valence-electron chi connectivity index (χ4n) is 1.22. The molecule has 0 radical (unpaired) electrons. The minimum atomic E-state index is 0.541. The van der Waals surface area contributed by atoms with Gasteiger partial charge in [-0.3, -0.25) is 10.4 Å². The number of hydrogen-bond acceptors (Lipinski definition) is 3.